The van der Waals surface area contributed by atoms with Crippen molar-refractivity contribution in [1.82, 2.24) is 0 Å². The molecule has 4 N–H and O–H groups in total. The number of hydrogen-bond acceptors (Lipinski definition) is 2. The third-order valence-corrected chi connectivity index (χ3v) is 1.93. The summed E-state index contributed by atoms with van der Waals surface area (Å²) in [5.74, 6) is 1.03. The fraction of sp³-hybridized carbons (Fsp3) is 0.273. The molecule has 80 valence electrons. The minimum Gasteiger partial charge on any atom is -0.385 e. The lowest BCUT2D eigenvalue weighted by atomic mass is 10.2. The monoisotopic (exact) mass is 204 g/mol. The summed E-state index contributed by atoms with van der Waals surface area (Å²) < 4.78 is 0. The lowest BCUT2D eigenvalue weighted by Crippen LogP contribution is -2.19. The predicted octanol–water partition coefficient (Wildman–Crippen LogP) is 1.32. The van der Waals surface area contributed by atoms with E-state index >= 15 is 0 Å². The van der Waals surface area contributed by atoms with E-state index < -0.39 is 0 Å². The second-order valence-corrected chi connectivity index (χ2v) is 3.53. The first-order chi connectivity index (χ1) is 7.11. The molecule has 4 nitrogen and oxygen atoms in total. The molecule has 0 heterocycles. The summed E-state index contributed by atoms with van der Waals surface area (Å²) in [4.78, 5) is 0. The van der Waals surface area contributed by atoms with Gasteiger partial charge in [-0.05, 0) is 0 Å². The fourth-order valence-electron chi connectivity index (χ4n) is 0.894. The quantitative estimate of drug-likeness (QED) is 0.442. The molecule has 0 atom stereocenters. The van der Waals surface area contributed by atoms with Crippen LogP contribution in [0, 0.1) is 5.92 Å². The van der Waals surface area contributed by atoms with E-state index in [1.807, 2.05) is 44.2 Å². The highest BCUT2D eigenvalue weighted by molar-refractivity contribution is 5.97. The van der Waals surface area contributed by atoms with E-state index in [0.29, 0.717) is 11.7 Å². The molecule has 0 bridgehead atoms. The Morgan fingerprint density at radius 2 is 1.67 bits per heavy atom. The van der Waals surface area contributed by atoms with Crippen molar-refractivity contribution in [2.75, 3.05) is 0 Å². The molecule has 0 aliphatic rings. The number of nitrogens with two attached hydrogens (primary N) is 2. The van der Waals surface area contributed by atoms with Crippen LogP contribution in [0.5, 0.6) is 0 Å². The molecule has 1 rings (SSSR count). The first-order valence-corrected chi connectivity index (χ1v) is 4.83. The number of amidine groups is 2. The van der Waals surface area contributed by atoms with Crippen LogP contribution in [-0.4, -0.2) is 11.7 Å². The van der Waals surface area contributed by atoms with Crippen molar-refractivity contribution in [3.05, 3.63) is 35.9 Å². The molecule has 0 amide bonds. The van der Waals surface area contributed by atoms with E-state index in [0.717, 1.165) is 5.56 Å². The van der Waals surface area contributed by atoms with Gasteiger partial charge in [-0.2, -0.15) is 0 Å². The third-order valence-electron chi connectivity index (χ3n) is 1.93. The molecule has 0 unspecified atom stereocenters. The minimum atomic E-state index is 0.178. The van der Waals surface area contributed by atoms with Crippen LogP contribution in [0.25, 0.3) is 0 Å². The van der Waals surface area contributed by atoms with Gasteiger partial charge >= 0.3 is 0 Å². The molecule has 0 saturated heterocycles. The fourth-order valence-corrected chi connectivity index (χ4v) is 0.894. The zero-order chi connectivity index (χ0) is 11.3. The highest BCUT2D eigenvalue weighted by Gasteiger charge is 1.99. The van der Waals surface area contributed by atoms with Crippen LogP contribution in [0.2, 0.25) is 0 Å². The van der Waals surface area contributed by atoms with Crippen molar-refractivity contribution < 1.29 is 0 Å². The van der Waals surface area contributed by atoms with Crippen molar-refractivity contribution in [2.45, 2.75) is 13.8 Å². The summed E-state index contributed by atoms with van der Waals surface area (Å²) >= 11 is 0. The molecule has 0 saturated carbocycles. The number of nitrogens with zero attached hydrogens (tertiary/aromatic N) is 2. The first-order valence-electron chi connectivity index (χ1n) is 4.83. The molecule has 0 aromatic heterocycles. The van der Waals surface area contributed by atoms with Crippen LogP contribution in [0.1, 0.15) is 19.4 Å². The molecule has 15 heavy (non-hydrogen) atoms. The van der Waals surface area contributed by atoms with Crippen molar-refractivity contribution >= 4 is 11.7 Å². The second-order valence-electron chi connectivity index (χ2n) is 3.53. The van der Waals surface area contributed by atoms with Crippen molar-refractivity contribution in [1.29, 1.82) is 0 Å². The van der Waals surface area contributed by atoms with Crippen molar-refractivity contribution in [3.8, 4) is 0 Å². The average Bonchev–Trinajstić information content (AvgIpc) is 2.26. The van der Waals surface area contributed by atoms with Gasteiger partial charge in [0, 0.05) is 11.5 Å². The summed E-state index contributed by atoms with van der Waals surface area (Å²) in [6.45, 7) is 3.90. The molecular formula is C11H16N4. The highest BCUT2D eigenvalue weighted by Crippen LogP contribution is 1.98. The Morgan fingerprint density at radius 1 is 1.07 bits per heavy atom. The largest absolute Gasteiger partial charge is 0.385 e. The molecular weight excluding hydrogens is 188 g/mol. The van der Waals surface area contributed by atoms with Crippen LogP contribution in [-0.2, 0) is 0 Å². The molecule has 0 aliphatic carbocycles. The number of rotatable bonds is 3. The first kappa shape index (κ1) is 11.2. The average molecular weight is 204 g/mol. The zero-order valence-corrected chi connectivity index (χ0v) is 9.01. The molecule has 1 aromatic rings. The lowest BCUT2D eigenvalue weighted by molar-refractivity contribution is 0.863. The molecule has 4 heteroatoms. The molecule has 0 aliphatic heterocycles. The van der Waals surface area contributed by atoms with Gasteiger partial charge in [0.15, 0.2) is 5.84 Å². The highest BCUT2D eigenvalue weighted by atomic mass is 15.3. The van der Waals surface area contributed by atoms with E-state index in [1.54, 1.807) is 0 Å². The van der Waals surface area contributed by atoms with Crippen LogP contribution in [0.4, 0.5) is 0 Å². The van der Waals surface area contributed by atoms with Gasteiger partial charge in [0.1, 0.15) is 5.84 Å². The van der Waals surface area contributed by atoms with E-state index in [9.17, 15) is 0 Å². The van der Waals surface area contributed by atoms with Crippen molar-refractivity contribution in [3.63, 3.8) is 0 Å². The Labute approximate surface area is 89.7 Å². The van der Waals surface area contributed by atoms with Gasteiger partial charge in [0.25, 0.3) is 0 Å². The maximum atomic E-state index is 5.73. The third kappa shape index (κ3) is 3.42. The van der Waals surface area contributed by atoms with Gasteiger partial charge in [0.05, 0.1) is 0 Å². The molecule has 0 spiro atoms. The number of benzene rings is 1. The van der Waals surface area contributed by atoms with Gasteiger partial charge in [-0.1, -0.05) is 44.2 Å². The maximum absolute atomic E-state index is 5.73. The summed E-state index contributed by atoms with van der Waals surface area (Å²) in [5.41, 5.74) is 12.2. The minimum absolute atomic E-state index is 0.178. The van der Waals surface area contributed by atoms with E-state index in [2.05, 4.69) is 10.2 Å². The van der Waals surface area contributed by atoms with Gasteiger partial charge in [-0.25, -0.2) is 0 Å². The topological polar surface area (TPSA) is 76.8 Å². The Balaban J connectivity index is 2.82. The van der Waals surface area contributed by atoms with Gasteiger partial charge in [0.2, 0.25) is 0 Å². The Hall–Kier alpha value is -1.84. The summed E-state index contributed by atoms with van der Waals surface area (Å²) in [7, 11) is 0. The van der Waals surface area contributed by atoms with Gasteiger partial charge < -0.3 is 11.5 Å². The molecule has 0 fully saturated rings. The molecule has 1 aromatic carbocycles. The zero-order valence-electron chi connectivity index (χ0n) is 9.01. The van der Waals surface area contributed by atoms with E-state index in [4.69, 9.17) is 11.5 Å². The Kier molecular flexibility index (Phi) is 3.85. The predicted molar refractivity (Wildman–Crippen MR) is 63.6 cm³/mol. The van der Waals surface area contributed by atoms with Gasteiger partial charge in [-0.3, -0.25) is 0 Å². The van der Waals surface area contributed by atoms with Crippen LogP contribution in [0.3, 0.4) is 0 Å². The second kappa shape index (κ2) is 5.14. The molecule has 0 radical (unpaired) electrons. The summed E-state index contributed by atoms with van der Waals surface area (Å²) in [5, 5.41) is 7.73. The summed E-state index contributed by atoms with van der Waals surface area (Å²) in [6, 6.07) is 9.46. The smallest absolute Gasteiger partial charge is 0.153 e. The van der Waals surface area contributed by atoms with Crippen LogP contribution in [0.15, 0.2) is 40.5 Å². The number of hydrogen-bond donors (Lipinski definition) is 2. The standard InChI is InChI=1S/C11H16N4/c1-8(2)10(12)14-15-11(13)9-6-4-3-5-7-9/h3-8H,1-2H3,(H2,12,14)(H2,13,15). The van der Waals surface area contributed by atoms with E-state index in [-0.39, 0.29) is 5.92 Å². The Morgan fingerprint density at radius 3 is 2.20 bits per heavy atom. The lowest BCUT2D eigenvalue weighted by Gasteiger charge is -2.01. The SMILES string of the molecule is CC(C)/C(N)=N/N=C(\N)c1ccccc1. The Bertz CT molecular complexity index is 365. The van der Waals surface area contributed by atoms with Gasteiger partial charge in [-0.15, -0.1) is 10.2 Å². The van der Waals surface area contributed by atoms with Crippen LogP contribution < -0.4 is 11.5 Å². The van der Waals surface area contributed by atoms with Crippen molar-refractivity contribution in [2.24, 2.45) is 27.6 Å². The normalized spacial score (nSPS) is 13.3. The van der Waals surface area contributed by atoms with Crippen LogP contribution >= 0.6 is 0 Å². The maximum Gasteiger partial charge on any atom is 0.153 e. The summed E-state index contributed by atoms with van der Waals surface area (Å²) in [6.07, 6.45) is 0. The van der Waals surface area contributed by atoms with E-state index in [1.165, 1.54) is 0 Å².